The van der Waals surface area contributed by atoms with Crippen molar-refractivity contribution in [1.29, 1.82) is 0 Å². The van der Waals surface area contributed by atoms with Gasteiger partial charge in [0.1, 0.15) is 0 Å². The summed E-state index contributed by atoms with van der Waals surface area (Å²) in [5.74, 6) is -2.72. The van der Waals surface area contributed by atoms with Crippen LogP contribution in [-0.2, 0) is 9.59 Å². The fourth-order valence-corrected chi connectivity index (χ4v) is 1.72. The predicted molar refractivity (Wildman–Crippen MR) is 74.8 cm³/mol. The van der Waals surface area contributed by atoms with Crippen molar-refractivity contribution in [3.8, 4) is 0 Å². The Morgan fingerprint density at radius 3 is 2.14 bits per heavy atom. The Labute approximate surface area is 122 Å². The van der Waals surface area contributed by atoms with E-state index in [0.29, 0.717) is 6.04 Å². The summed E-state index contributed by atoms with van der Waals surface area (Å²) >= 11 is 0. The molecule has 1 aliphatic heterocycles. The maximum atomic E-state index is 9.77. The third-order valence-electron chi connectivity index (χ3n) is 2.87. The molecule has 0 spiro atoms. The summed E-state index contributed by atoms with van der Waals surface area (Å²) in [6.07, 6.45) is 1.03. The van der Waals surface area contributed by atoms with Gasteiger partial charge in [0.2, 0.25) is 0 Å². The first kappa shape index (κ1) is 19.3. The van der Waals surface area contributed by atoms with Crippen LogP contribution in [0.3, 0.4) is 0 Å². The second kappa shape index (κ2) is 10.1. The van der Waals surface area contributed by atoms with Crippen LogP contribution in [0.5, 0.6) is 0 Å². The summed E-state index contributed by atoms with van der Waals surface area (Å²) in [6, 6.07) is 0.405. The molecule has 0 radical (unpaired) electrons. The molecule has 0 bridgehead atoms. The van der Waals surface area contributed by atoms with Crippen molar-refractivity contribution < 1.29 is 30.0 Å². The van der Waals surface area contributed by atoms with Gasteiger partial charge in [-0.1, -0.05) is 6.42 Å². The van der Waals surface area contributed by atoms with E-state index in [9.17, 15) is 9.59 Å². The highest BCUT2D eigenvalue weighted by atomic mass is 16.4. The Bertz CT molecular complexity index is 356. The Morgan fingerprint density at radius 2 is 1.71 bits per heavy atom. The zero-order chi connectivity index (χ0) is 16.4. The van der Waals surface area contributed by atoms with Gasteiger partial charge in [0, 0.05) is 6.42 Å². The largest absolute Gasteiger partial charge is 0.479 e. The van der Waals surface area contributed by atoms with E-state index in [1.807, 2.05) is 0 Å². The molecule has 0 aromatic rings. The molecule has 0 aliphatic carbocycles. The normalized spacial score (nSPS) is 21.1. The minimum atomic E-state index is -2.27. The lowest BCUT2D eigenvalue weighted by atomic mass is 10.1. The molecule has 122 valence electrons. The van der Waals surface area contributed by atoms with Crippen molar-refractivity contribution in [2.75, 3.05) is 6.54 Å². The lowest BCUT2D eigenvalue weighted by Gasteiger charge is -2.07. The highest BCUT2D eigenvalue weighted by Gasteiger charge is 2.29. The molecule has 0 amide bonds. The fraction of sp³-hybridized carbons (Fsp3) is 0.750. The second-order valence-electron chi connectivity index (χ2n) is 4.66. The molecule has 9 nitrogen and oxygen atoms in total. The number of nitrogens with zero attached hydrogens (tertiary/aromatic N) is 1. The van der Waals surface area contributed by atoms with Crippen LogP contribution < -0.4 is 11.5 Å². The number of aliphatic imine (C=N–C) groups is 1. The average Bonchev–Trinajstić information content (AvgIpc) is 2.62. The topological polar surface area (TPSA) is 179 Å². The molecule has 0 aromatic carbocycles. The zero-order valence-electron chi connectivity index (χ0n) is 11.7. The summed E-state index contributed by atoms with van der Waals surface area (Å²) in [6.45, 7) is 0.724. The van der Waals surface area contributed by atoms with Gasteiger partial charge in [-0.15, -0.1) is 0 Å². The molecule has 9 heteroatoms. The number of amidine groups is 1. The maximum Gasteiger partial charge on any atom is 0.335 e. The van der Waals surface area contributed by atoms with Crippen LogP contribution in [0.4, 0.5) is 0 Å². The number of carboxylic acid groups (broad SMARTS) is 2. The summed E-state index contributed by atoms with van der Waals surface area (Å²) in [7, 11) is 0. The molecular weight excluding hydrogens is 282 g/mol. The van der Waals surface area contributed by atoms with Crippen molar-refractivity contribution in [3.05, 3.63) is 0 Å². The first-order chi connectivity index (χ1) is 9.79. The quantitative estimate of drug-likeness (QED) is 0.355. The predicted octanol–water partition coefficient (Wildman–Crippen LogP) is -1.49. The fourth-order valence-electron chi connectivity index (χ4n) is 1.72. The SMILES string of the molecule is NCCC1CCCCC(N)=N1.O=C(O)[C@H](O)[C@@H](O)C(=O)O. The standard InChI is InChI=1S/C8H17N3.C4H6O6/c9-6-5-7-3-1-2-4-8(10)11-7;5-1(3(7)8)2(6)4(9)10/h7H,1-6,9H2,(H2,10,11);1-2,5-6H,(H,7,8)(H,9,10)/t;1-,2-/m.1/s1. The van der Waals surface area contributed by atoms with Gasteiger partial charge < -0.3 is 31.9 Å². The Balaban J connectivity index is 0.000000384. The van der Waals surface area contributed by atoms with Crippen LogP contribution in [0.15, 0.2) is 4.99 Å². The van der Waals surface area contributed by atoms with Crippen LogP contribution in [0.25, 0.3) is 0 Å². The van der Waals surface area contributed by atoms with Crippen LogP contribution in [-0.4, -0.2) is 63.0 Å². The van der Waals surface area contributed by atoms with E-state index in [1.165, 1.54) is 12.8 Å². The summed E-state index contributed by atoms with van der Waals surface area (Å²) < 4.78 is 0. The van der Waals surface area contributed by atoms with Crippen molar-refractivity contribution in [2.45, 2.75) is 50.4 Å². The van der Waals surface area contributed by atoms with Gasteiger partial charge in [-0.2, -0.15) is 0 Å². The Kier molecular flexibility index (Phi) is 9.26. The zero-order valence-corrected chi connectivity index (χ0v) is 11.7. The third kappa shape index (κ3) is 8.23. The smallest absolute Gasteiger partial charge is 0.335 e. The van der Waals surface area contributed by atoms with Gasteiger partial charge in [-0.05, 0) is 25.8 Å². The van der Waals surface area contributed by atoms with Crippen LogP contribution >= 0.6 is 0 Å². The number of carbonyl (C=O) groups is 2. The van der Waals surface area contributed by atoms with Gasteiger partial charge in [0.25, 0.3) is 0 Å². The lowest BCUT2D eigenvalue weighted by Crippen LogP contribution is -2.39. The van der Waals surface area contributed by atoms with Crippen molar-refractivity contribution >= 4 is 17.8 Å². The van der Waals surface area contributed by atoms with Crippen LogP contribution in [0.1, 0.15) is 32.1 Å². The first-order valence-corrected chi connectivity index (χ1v) is 6.63. The highest BCUT2D eigenvalue weighted by Crippen LogP contribution is 2.13. The van der Waals surface area contributed by atoms with Gasteiger partial charge in [0.15, 0.2) is 12.2 Å². The molecule has 1 heterocycles. The van der Waals surface area contributed by atoms with E-state index in [2.05, 4.69) is 4.99 Å². The molecule has 21 heavy (non-hydrogen) atoms. The molecular formula is C12H23N3O6. The van der Waals surface area contributed by atoms with E-state index in [0.717, 1.165) is 31.6 Å². The minimum Gasteiger partial charge on any atom is -0.479 e. The number of rotatable bonds is 5. The van der Waals surface area contributed by atoms with E-state index in [4.69, 9.17) is 31.9 Å². The highest BCUT2D eigenvalue weighted by molar-refractivity contribution is 5.83. The number of hydrogen-bond acceptors (Lipinski definition) is 7. The van der Waals surface area contributed by atoms with Crippen LogP contribution in [0.2, 0.25) is 0 Å². The molecule has 1 unspecified atom stereocenters. The minimum absolute atomic E-state index is 0.405. The number of aliphatic hydroxyl groups excluding tert-OH is 2. The first-order valence-electron chi connectivity index (χ1n) is 6.63. The molecule has 1 rings (SSSR count). The third-order valence-corrected chi connectivity index (χ3v) is 2.87. The summed E-state index contributed by atoms with van der Waals surface area (Å²) in [5, 5.41) is 32.5. The molecule has 0 saturated heterocycles. The van der Waals surface area contributed by atoms with Crippen molar-refractivity contribution in [1.82, 2.24) is 0 Å². The Hall–Kier alpha value is -1.71. The monoisotopic (exact) mass is 305 g/mol. The number of nitrogens with two attached hydrogens (primary N) is 2. The molecule has 3 atom stereocenters. The van der Waals surface area contributed by atoms with Gasteiger partial charge in [0.05, 0.1) is 11.9 Å². The summed E-state index contributed by atoms with van der Waals surface area (Å²) in [4.78, 5) is 23.9. The van der Waals surface area contributed by atoms with Crippen molar-refractivity contribution in [2.24, 2.45) is 16.5 Å². The second-order valence-corrected chi connectivity index (χ2v) is 4.66. The van der Waals surface area contributed by atoms with E-state index < -0.39 is 24.1 Å². The van der Waals surface area contributed by atoms with E-state index in [1.54, 1.807) is 0 Å². The number of aliphatic carboxylic acids is 2. The van der Waals surface area contributed by atoms with Gasteiger partial charge >= 0.3 is 11.9 Å². The lowest BCUT2D eigenvalue weighted by molar-refractivity contribution is -0.165. The number of aliphatic hydroxyl groups is 2. The average molecular weight is 305 g/mol. The number of carboxylic acids is 2. The molecule has 1 aliphatic rings. The molecule has 8 N–H and O–H groups in total. The van der Waals surface area contributed by atoms with Crippen LogP contribution in [0, 0.1) is 0 Å². The molecule has 0 fully saturated rings. The van der Waals surface area contributed by atoms with Crippen molar-refractivity contribution in [3.63, 3.8) is 0 Å². The maximum absolute atomic E-state index is 9.77. The van der Waals surface area contributed by atoms with E-state index in [-0.39, 0.29) is 0 Å². The van der Waals surface area contributed by atoms with Gasteiger partial charge in [-0.3, -0.25) is 4.99 Å². The Morgan fingerprint density at radius 1 is 1.19 bits per heavy atom. The number of hydrogen-bond donors (Lipinski definition) is 6. The molecule has 0 aromatic heterocycles. The summed E-state index contributed by atoms with van der Waals surface area (Å²) in [5.41, 5.74) is 11.1. The molecule has 0 saturated carbocycles. The van der Waals surface area contributed by atoms with Gasteiger partial charge in [-0.25, -0.2) is 9.59 Å². The van der Waals surface area contributed by atoms with E-state index >= 15 is 0 Å².